The van der Waals surface area contributed by atoms with Crippen molar-refractivity contribution in [2.24, 2.45) is 0 Å². The molecule has 1 fully saturated rings. The SMILES string of the molecule is C[C@@H](Cc1cccc(CNC(=O)c2ccc(N(C)C(=O)CCN3CCC(OC(=O)Nc4ccccc4-c4ccccc4)CC3)cc2)c1)NC[C@H](O)c1ccc(O)c2[nH]c(=O)ccc12. The van der Waals surface area contributed by atoms with Gasteiger partial charge in [-0.15, -0.1) is 0 Å². The van der Waals surface area contributed by atoms with Crippen LogP contribution in [-0.2, 0) is 22.5 Å². The highest BCUT2D eigenvalue weighted by molar-refractivity contribution is 5.96. The van der Waals surface area contributed by atoms with Crippen molar-refractivity contribution in [3.8, 4) is 16.9 Å². The van der Waals surface area contributed by atoms with Crippen LogP contribution in [0.1, 0.15) is 59.3 Å². The fourth-order valence-corrected chi connectivity index (χ4v) is 7.95. The minimum Gasteiger partial charge on any atom is -0.506 e. The number of para-hydroxylation sites is 1. The summed E-state index contributed by atoms with van der Waals surface area (Å²) in [6.45, 7) is 4.67. The van der Waals surface area contributed by atoms with Crippen molar-refractivity contribution in [3.05, 3.63) is 160 Å². The third kappa shape index (κ3) is 11.8. The number of aromatic nitrogens is 1. The van der Waals surface area contributed by atoms with Crippen LogP contribution in [0.15, 0.2) is 132 Å². The van der Waals surface area contributed by atoms with Gasteiger partial charge in [0.2, 0.25) is 11.5 Å². The number of nitrogens with zero attached hydrogens (tertiary/aromatic N) is 2. The molecule has 1 aromatic heterocycles. The van der Waals surface area contributed by atoms with Crippen molar-refractivity contribution in [1.82, 2.24) is 20.5 Å². The van der Waals surface area contributed by atoms with Crippen molar-refractivity contribution in [3.63, 3.8) is 0 Å². The summed E-state index contributed by atoms with van der Waals surface area (Å²) in [5.74, 6) is -0.314. The van der Waals surface area contributed by atoms with Crippen LogP contribution in [0.5, 0.6) is 5.75 Å². The van der Waals surface area contributed by atoms with E-state index >= 15 is 0 Å². The number of aromatic hydroxyl groups is 1. The number of aromatic amines is 1. The molecule has 6 aromatic rings. The lowest BCUT2D eigenvalue weighted by Crippen LogP contribution is -2.40. The van der Waals surface area contributed by atoms with E-state index in [2.05, 4.69) is 25.8 Å². The molecule has 13 nitrogen and oxygen atoms in total. The van der Waals surface area contributed by atoms with Crippen LogP contribution in [-0.4, -0.2) is 83.4 Å². The second-order valence-electron chi connectivity index (χ2n) is 16.0. The van der Waals surface area contributed by atoms with Crippen LogP contribution in [0.2, 0.25) is 0 Å². The fourth-order valence-electron chi connectivity index (χ4n) is 7.95. The Labute approximate surface area is 366 Å². The monoisotopic (exact) mass is 850 g/mol. The summed E-state index contributed by atoms with van der Waals surface area (Å²) in [5, 5.41) is 31.0. The van der Waals surface area contributed by atoms with Crippen molar-refractivity contribution < 1.29 is 29.3 Å². The summed E-state index contributed by atoms with van der Waals surface area (Å²) in [5.41, 5.74) is 6.39. The predicted octanol–water partition coefficient (Wildman–Crippen LogP) is 7.15. The number of rotatable bonds is 16. The van der Waals surface area contributed by atoms with E-state index < -0.39 is 12.2 Å². The number of carbonyl (C=O) groups excluding carboxylic acids is 3. The molecule has 63 heavy (non-hydrogen) atoms. The van der Waals surface area contributed by atoms with Crippen molar-refractivity contribution in [2.75, 3.05) is 43.4 Å². The molecule has 326 valence electrons. The highest BCUT2D eigenvalue weighted by Crippen LogP contribution is 2.30. The molecule has 6 N–H and O–H groups in total. The van der Waals surface area contributed by atoms with Crippen LogP contribution in [0, 0.1) is 0 Å². The van der Waals surface area contributed by atoms with Gasteiger partial charge in [-0.2, -0.15) is 0 Å². The van der Waals surface area contributed by atoms with Gasteiger partial charge in [0, 0.05) is 80.5 Å². The highest BCUT2D eigenvalue weighted by atomic mass is 16.6. The van der Waals surface area contributed by atoms with Crippen molar-refractivity contribution >= 4 is 40.2 Å². The number of anilines is 2. The summed E-state index contributed by atoms with van der Waals surface area (Å²) in [7, 11) is 1.74. The number of hydrogen-bond acceptors (Lipinski definition) is 9. The molecule has 1 saturated heterocycles. The van der Waals surface area contributed by atoms with Gasteiger partial charge in [0.15, 0.2) is 0 Å². The second-order valence-corrected chi connectivity index (χ2v) is 16.0. The quantitative estimate of drug-likeness (QED) is 0.0591. The third-order valence-corrected chi connectivity index (χ3v) is 11.5. The molecule has 1 aliphatic heterocycles. The number of ether oxygens (including phenoxy) is 1. The average Bonchev–Trinajstić information content (AvgIpc) is 3.30. The molecule has 13 heteroatoms. The lowest BCUT2D eigenvalue weighted by atomic mass is 10.0. The number of phenols is 1. The molecule has 0 unspecified atom stereocenters. The Morgan fingerprint density at radius 3 is 2.38 bits per heavy atom. The Bertz CT molecular complexity index is 2570. The number of H-pyrrole nitrogens is 1. The molecule has 0 radical (unpaired) electrons. The first kappa shape index (κ1) is 44.3. The van der Waals surface area contributed by atoms with E-state index in [9.17, 15) is 29.4 Å². The predicted molar refractivity (Wildman–Crippen MR) is 246 cm³/mol. The molecule has 7 rings (SSSR count). The number of amides is 3. The Morgan fingerprint density at radius 2 is 1.60 bits per heavy atom. The number of nitrogens with one attached hydrogen (secondary N) is 4. The third-order valence-electron chi connectivity index (χ3n) is 11.5. The maximum Gasteiger partial charge on any atom is 0.411 e. The number of carbonyl (C=O) groups is 3. The van der Waals surface area contributed by atoms with E-state index in [0.717, 1.165) is 35.3 Å². The Hall–Kier alpha value is -6.80. The zero-order valence-electron chi connectivity index (χ0n) is 35.6. The van der Waals surface area contributed by atoms with Crippen LogP contribution in [0.3, 0.4) is 0 Å². The van der Waals surface area contributed by atoms with Gasteiger partial charge in [0.25, 0.3) is 5.91 Å². The normalized spacial score (nSPS) is 14.1. The number of aliphatic hydroxyl groups excluding tert-OH is 1. The minimum atomic E-state index is -0.862. The van der Waals surface area contributed by atoms with Gasteiger partial charge in [-0.25, -0.2) is 4.79 Å². The highest BCUT2D eigenvalue weighted by Gasteiger charge is 2.24. The lowest BCUT2D eigenvalue weighted by molar-refractivity contribution is -0.118. The number of benzene rings is 5. The van der Waals surface area contributed by atoms with Crippen molar-refractivity contribution in [2.45, 2.75) is 57.4 Å². The molecule has 0 spiro atoms. The van der Waals surface area contributed by atoms with E-state index in [1.165, 1.54) is 12.1 Å². The van der Waals surface area contributed by atoms with E-state index in [4.69, 9.17) is 4.74 Å². The number of fused-ring (bicyclic) bond motifs is 1. The van der Waals surface area contributed by atoms with Gasteiger partial charge < -0.3 is 40.4 Å². The van der Waals surface area contributed by atoms with Crippen LogP contribution in [0.4, 0.5) is 16.2 Å². The van der Waals surface area contributed by atoms with Crippen molar-refractivity contribution in [1.29, 1.82) is 0 Å². The lowest BCUT2D eigenvalue weighted by Gasteiger charge is -2.31. The molecular weight excluding hydrogens is 797 g/mol. The van der Waals surface area contributed by atoms with Crippen LogP contribution in [0.25, 0.3) is 22.0 Å². The van der Waals surface area contributed by atoms with Gasteiger partial charge in [-0.3, -0.25) is 19.7 Å². The maximum absolute atomic E-state index is 13.2. The van der Waals surface area contributed by atoms with E-state index in [1.54, 1.807) is 48.3 Å². The molecule has 1 aliphatic rings. The van der Waals surface area contributed by atoms with Gasteiger partial charge in [0.1, 0.15) is 11.9 Å². The average molecular weight is 851 g/mol. The molecular formula is C50H54N6O7. The molecule has 0 saturated carbocycles. The summed E-state index contributed by atoms with van der Waals surface area (Å²) < 4.78 is 5.77. The molecule has 3 amide bonds. The number of pyridine rings is 1. The first-order valence-electron chi connectivity index (χ1n) is 21.3. The zero-order chi connectivity index (χ0) is 44.3. The molecule has 0 aliphatic carbocycles. The maximum atomic E-state index is 13.2. The number of likely N-dealkylation sites (tertiary alicyclic amines) is 1. The first-order chi connectivity index (χ1) is 30.5. The number of aliphatic hydroxyl groups is 1. The van der Waals surface area contributed by atoms with Crippen LogP contribution >= 0.6 is 0 Å². The van der Waals surface area contributed by atoms with Gasteiger partial charge in [-0.1, -0.05) is 78.9 Å². The number of phenolic OH excluding ortho intramolecular Hbond substituents is 1. The molecule has 5 aromatic carbocycles. The molecule has 0 bridgehead atoms. The van der Waals surface area contributed by atoms with E-state index in [-0.39, 0.29) is 41.8 Å². The standard InChI is InChI=1S/C50H54N6O7/c1-33(51-32-45(58)41-19-21-44(57)48-42(41)20-22-46(59)54-48)29-34-9-8-10-35(30-34)31-52-49(61)37-15-17-38(18-16-37)55(2)47(60)25-28-56-26-23-39(24-27-56)63-50(62)53-43-14-7-6-13-40(43)36-11-4-3-5-12-36/h3-22,30,33,39,45,51,57-58H,23-29,31-32H2,1-2H3,(H,52,61)(H,53,62)(H,54,59)/t33-,45-/m0/s1. The number of hydrogen-bond donors (Lipinski definition) is 6. The topological polar surface area (TPSA) is 176 Å². The Morgan fingerprint density at radius 1 is 0.873 bits per heavy atom. The Balaban J connectivity index is 0.807. The van der Waals surface area contributed by atoms with Gasteiger partial charge >= 0.3 is 6.09 Å². The van der Waals surface area contributed by atoms with Gasteiger partial charge in [-0.05, 0) is 90.9 Å². The summed E-state index contributed by atoms with van der Waals surface area (Å²) in [4.78, 5) is 57.3. The van der Waals surface area contributed by atoms with Crippen LogP contribution < -0.4 is 26.4 Å². The minimum absolute atomic E-state index is 0.0192. The zero-order valence-corrected chi connectivity index (χ0v) is 35.6. The first-order valence-corrected chi connectivity index (χ1v) is 21.3. The van der Waals surface area contributed by atoms with E-state index in [1.807, 2.05) is 85.8 Å². The fraction of sp³-hybridized carbons (Fsp3) is 0.280. The summed E-state index contributed by atoms with van der Waals surface area (Å²) in [6.07, 6.45) is 0.847. The Kier molecular flexibility index (Phi) is 14.6. The van der Waals surface area contributed by atoms with Gasteiger partial charge in [0.05, 0.1) is 17.3 Å². The summed E-state index contributed by atoms with van der Waals surface area (Å²) in [6, 6.07) is 38.6. The number of piperidine rings is 1. The van der Waals surface area contributed by atoms with E-state index in [0.29, 0.717) is 72.2 Å². The smallest absolute Gasteiger partial charge is 0.411 e. The summed E-state index contributed by atoms with van der Waals surface area (Å²) >= 11 is 0. The second kappa shape index (κ2) is 20.8. The largest absolute Gasteiger partial charge is 0.506 e. The molecule has 2 atom stereocenters. The molecule has 2 heterocycles.